The lowest BCUT2D eigenvalue weighted by atomic mass is 10.1. The third-order valence-corrected chi connectivity index (χ3v) is 5.13. The third-order valence-electron chi connectivity index (χ3n) is 3.90. The summed E-state index contributed by atoms with van der Waals surface area (Å²) >= 11 is 1.96. The van der Waals surface area contributed by atoms with Crippen molar-refractivity contribution < 1.29 is 0 Å². The first-order valence-electron chi connectivity index (χ1n) is 7.35. The highest BCUT2D eigenvalue weighted by Crippen LogP contribution is 2.18. The maximum Gasteiger partial charge on any atom is 0.0302 e. The fourth-order valence-corrected chi connectivity index (χ4v) is 3.54. The Bertz CT molecular complexity index is 348. The van der Waals surface area contributed by atoms with Crippen LogP contribution in [-0.2, 0) is 13.0 Å². The molecule has 0 saturated carbocycles. The molecule has 1 aliphatic heterocycles. The van der Waals surface area contributed by atoms with Gasteiger partial charge >= 0.3 is 0 Å². The van der Waals surface area contributed by atoms with Gasteiger partial charge in [-0.25, -0.2) is 0 Å². The molecule has 0 amide bonds. The van der Waals surface area contributed by atoms with Gasteiger partial charge in [-0.15, -0.1) is 11.3 Å². The number of aryl methyl sites for hydroxylation is 1. The Labute approximate surface area is 115 Å². The molecule has 1 atom stereocenters. The fourth-order valence-electron chi connectivity index (χ4n) is 2.63. The highest BCUT2D eigenvalue weighted by Gasteiger charge is 2.15. The first-order chi connectivity index (χ1) is 8.81. The Kier molecular flexibility index (Phi) is 5.67. The molecule has 1 unspecified atom stereocenters. The molecule has 1 N–H and O–H groups in total. The molecule has 0 aromatic carbocycles. The van der Waals surface area contributed by atoms with Crippen LogP contribution in [0.25, 0.3) is 0 Å². The van der Waals surface area contributed by atoms with Crippen LogP contribution >= 0.6 is 11.3 Å². The van der Waals surface area contributed by atoms with Crippen molar-refractivity contribution in [3.63, 3.8) is 0 Å². The van der Waals surface area contributed by atoms with E-state index >= 15 is 0 Å². The summed E-state index contributed by atoms with van der Waals surface area (Å²) in [7, 11) is 0. The monoisotopic (exact) mass is 266 g/mol. The van der Waals surface area contributed by atoms with Gasteiger partial charge in [-0.05, 0) is 57.5 Å². The van der Waals surface area contributed by atoms with Gasteiger partial charge in [0.2, 0.25) is 0 Å². The maximum atomic E-state index is 3.74. The lowest BCUT2D eigenvalue weighted by Gasteiger charge is -2.18. The van der Waals surface area contributed by atoms with E-state index in [9.17, 15) is 0 Å². The van der Waals surface area contributed by atoms with Gasteiger partial charge in [-0.1, -0.05) is 13.8 Å². The molecule has 1 aromatic rings. The highest BCUT2D eigenvalue weighted by atomic mass is 32.1. The van der Waals surface area contributed by atoms with Gasteiger partial charge in [0.1, 0.15) is 0 Å². The lowest BCUT2D eigenvalue weighted by molar-refractivity contribution is 0.297. The quantitative estimate of drug-likeness (QED) is 0.880. The number of rotatable bonds is 5. The Hall–Kier alpha value is -0.380. The molecule has 1 fully saturated rings. The summed E-state index contributed by atoms with van der Waals surface area (Å²) in [6.45, 7) is 9.31. The van der Waals surface area contributed by atoms with Crippen LogP contribution in [0.2, 0.25) is 0 Å². The second-order valence-electron chi connectivity index (χ2n) is 5.16. The van der Waals surface area contributed by atoms with Gasteiger partial charge in [-0.3, -0.25) is 0 Å². The molecule has 0 radical (unpaired) electrons. The second kappa shape index (κ2) is 7.27. The van der Waals surface area contributed by atoms with E-state index in [2.05, 4.69) is 36.2 Å². The number of hydrogen-bond donors (Lipinski definition) is 1. The molecule has 2 heterocycles. The molecule has 0 spiro atoms. The Morgan fingerprint density at radius 2 is 2.06 bits per heavy atom. The van der Waals surface area contributed by atoms with Gasteiger partial charge in [-0.2, -0.15) is 0 Å². The summed E-state index contributed by atoms with van der Waals surface area (Å²) in [5.41, 5.74) is 0. The van der Waals surface area contributed by atoms with E-state index in [1.165, 1.54) is 55.1 Å². The van der Waals surface area contributed by atoms with Crippen LogP contribution in [0.4, 0.5) is 0 Å². The van der Waals surface area contributed by atoms with E-state index in [4.69, 9.17) is 0 Å². The normalized spacial score (nSPS) is 22.0. The van der Waals surface area contributed by atoms with Crippen LogP contribution in [0.15, 0.2) is 12.1 Å². The maximum absolute atomic E-state index is 3.74. The summed E-state index contributed by atoms with van der Waals surface area (Å²) in [6.07, 6.45) is 5.15. The van der Waals surface area contributed by atoms with Crippen molar-refractivity contribution in [3.8, 4) is 0 Å². The van der Waals surface area contributed by atoms with Crippen molar-refractivity contribution in [2.45, 2.75) is 52.1 Å². The minimum atomic E-state index is 0.716. The third kappa shape index (κ3) is 4.08. The van der Waals surface area contributed by atoms with Crippen molar-refractivity contribution in [1.82, 2.24) is 10.2 Å². The number of nitrogens with zero attached hydrogens (tertiary/aromatic N) is 1. The zero-order chi connectivity index (χ0) is 12.8. The lowest BCUT2D eigenvalue weighted by Crippen LogP contribution is -2.30. The summed E-state index contributed by atoms with van der Waals surface area (Å²) < 4.78 is 0. The molecular weight excluding hydrogens is 240 g/mol. The topological polar surface area (TPSA) is 15.3 Å². The molecule has 3 heteroatoms. The number of hydrogen-bond acceptors (Lipinski definition) is 3. The van der Waals surface area contributed by atoms with E-state index in [-0.39, 0.29) is 0 Å². The van der Waals surface area contributed by atoms with Crippen LogP contribution in [-0.4, -0.2) is 30.6 Å². The predicted molar refractivity (Wildman–Crippen MR) is 80.3 cm³/mol. The smallest absolute Gasteiger partial charge is 0.0302 e. The number of nitrogens with one attached hydrogen (secondary N) is 1. The van der Waals surface area contributed by atoms with Crippen LogP contribution in [0, 0.1) is 0 Å². The van der Waals surface area contributed by atoms with Crippen molar-refractivity contribution in [2.75, 3.05) is 19.6 Å². The molecular formula is C15H26N2S. The Morgan fingerprint density at radius 3 is 2.78 bits per heavy atom. The molecule has 1 aliphatic rings. The summed E-state index contributed by atoms with van der Waals surface area (Å²) in [4.78, 5) is 5.57. The molecule has 18 heavy (non-hydrogen) atoms. The molecule has 1 saturated heterocycles. The fraction of sp³-hybridized carbons (Fsp3) is 0.733. The Morgan fingerprint density at radius 1 is 1.22 bits per heavy atom. The molecule has 1 aromatic heterocycles. The van der Waals surface area contributed by atoms with Crippen LogP contribution in [0.3, 0.4) is 0 Å². The van der Waals surface area contributed by atoms with Crippen molar-refractivity contribution in [2.24, 2.45) is 0 Å². The van der Waals surface area contributed by atoms with Crippen LogP contribution in [0.5, 0.6) is 0 Å². The standard InChI is InChI=1S/C15H26N2S/c1-3-14-7-8-15(18-14)12-16-13-6-5-10-17(4-2)11-9-13/h7-8,13,16H,3-6,9-12H2,1-2H3. The van der Waals surface area contributed by atoms with Gasteiger partial charge in [0.15, 0.2) is 0 Å². The van der Waals surface area contributed by atoms with Gasteiger partial charge in [0.25, 0.3) is 0 Å². The summed E-state index contributed by atoms with van der Waals surface area (Å²) in [5.74, 6) is 0. The second-order valence-corrected chi connectivity index (χ2v) is 6.42. The summed E-state index contributed by atoms with van der Waals surface area (Å²) in [6, 6.07) is 5.27. The van der Waals surface area contributed by atoms with Gasteiger partial charge < -0.3 is 10.2 Å². The zero-order valence-corrected chi connectivity index (χ0v) is 12.6. The first-order valence-corrected chi connectivity index (χ1v) is 8.16. The molecule has 2 nitrogen and oxygen atoms in total. The number of thiophene rings is 1. The minimum Gasteiger partial charge on any atom is -0.309 e. The van der Waals surface area contributed by atoms with E-state index < -0.39 is 0 Å². The van der Waals surface area contributed by atoms with Gasteiger partial charge in [0, 0.05) is 22.3 Å². The van der Waals surface area contributed by atoms with E-state index in [1.807, 2.05) is 11.3 Å². The van der Waals surface area contributed by atoms with Gasteiger partial charge in [0.05, 0.1) is 0 Å². The first kappa shape index (κ1) is 14.0. The average Bonchev–Trinajstić information content (AvgIpc) is 2.74. The molecule has 2 rings (SSSR count). The van der Waals surface area contributed by atoms with Crippen molar-refractivity contribution in [1.29, 1.82) is 0 Å². The zero-order valence-electron chi connectivity index (χ0n) is 11.7. The van der Waals surface area contributed by atoms with Crippen molar-refractivity contribution >= 4 is 11.3 Å². The van der Waals surface area contributed by atoms with E-state index in [1.54, 1.807) is 0 Å². The van der Waals surface area contributed by atoms with Crippen LogP contribution < -0.4 is 5.32 Å². The highest BCUT2D eigenvalue weighted by molar-refractivity contribution is 7.11. The average molecular weight is 266 g/mol. The van der Waals surface area contributed by atoms with Crippen LogP contribution in [0.1, 0.15) is 42.9 Å². The summed E-state index contributed by atoms with van der Waals surface area (Å²) in [5, 5.41) is 3.74. The Balaban J connectivity index is 1.76. The number of likely N-dealkylation sites (tertiary alicyclic amines) is 1. The molecule has 102 valence electrons. The van der Waals surface area contributed by atoms with E-state index in [0.29, 0.717) is 6.04 Å². The molecule has 0 bridgehead atoms. The molecule has 0 aliphatic carbocycles. The van der Waals surface area contributed by atoms with E-state index in [0.717, 1.165) is 6.54 Å². The largest absolute Gasteiger partial charge is 0.309 e. The predicted octanol–water partition coefficient (Wildman–Crippen LogP) is 3.27. The SMILES string of the molecule is CCc1ccc(CNC2CCCN(CC)CC2)s1. The van der Waals surface area contributed by atoms with Crippen molar-refractivity contribution in [3.05, 3.63) is 21.9 Å². The minimum absolute atomic E-state index is 0.716.